The van der Waals surface area contributed by atoms with Crippen molar-refractivity contribution in [2.75, 3.05) is 40.3 Å². The zero-order valence-electron chi connectivity index (χ0n) is 16.8. The van der Waals surface area contributed by atoms with E-state index in [1.54, 1.807) is 7.11 Å². The van der Waals surface area contributed by atoms with Gasteiger partial charge in [0.1, 0.15) is 12.4 Å². The van der Waals surface area contributed by atoms with Crippen LogP contribution in [0.3, 0.4) is 0 Å². The van der Waals surface area contributed by atoms with Crippen molar-refractivity contribution in [1.82, 2.24) is 30.3 Å². The van der Waals surface area contributed by atoms with Crippen molar-refractivity contribution in [1.29, 1.82) is 0 Å². The molecule has 148 valence electrons. The number of hydrogen-bond donors (Lipinski definition) is 2. The predicted molar refractivity (Wildman–Crippen MR) is 104 cm³/mol. The van der Waals surface area contributed by atoms with Crippen LogP contribution in [-0.4, -0.2) is 72.0 Å². The van der Waals surface area contributed by atoms with Crippen LogP contribution >= 0.6 is 0 Å². The maximum absolute atomic E-state index is 5.12. The van der Waals surface area contributed by atoms with Crippen LogP contribution < -0.4 is 10.6 Å². The third kappa shape index (κ3) is 6.25. The van der Waals surface area contributed by atoms with Gasteiger partial charge in [-0.25, -0.2) is 9.67 Å². The molecule has 0 aliphatic carbocycles. The van der Waals surface area contributed by atoms with Gasteiger partial charge in [-0.1, -0.05) is 13.8 Å². The van der Waals surface area contributed by atoms with Gasteiger partial charge in [-0.2, -0.15) is 5.10 Å². The Morgan fingerprint density at radius 1 is 1.35 bits per heavy atom. The van der Waals surface area contributed by atoms with Crippen molar-refractivity contribution in [3.05, 3.63) is 11.6 Å². The highest BCUT2D eigenvalue weighted by Gasteiger charge is 2.22. The van der Waals surface area contributed by atoms with Gasteiger partial charge in [-0.3, -0.25) is 4.99 Å². The van der Waals surface area contributed by atoms with Crippen LogP contribution in [0.5, 0.6) is 0 Å². The van der Waals surface area contributed by atoms with Crippen LogP contribution in [0.1, 0.15) is 44.8 Å². The molecule has 26 heavy (non-hydrogen) atoms. The van der Waals surface area contributed by atoms with Gasteiger partial charge in [0, 0.05) is 33.2 Å². The lowest BCUT2D eigenvalue weighted by Crippen LogP contribution is -2.47. The highest BCUT2D eigenvalue weighted by atomic mass is 16.5. The molecule has 8 nitrogen and oxygen atoms in total. The number of methoxy groups -OCH3 is 1. The van der Waals surface area contributed by atoms with E-state index in [0.717, 1.165) is 63.0 Å². The molecule has 0 aromatic carbocycles. The Morgan fingerprint density at radius 3 is 2.85 bits per heavy atom. The number of ether oxygens (including phenoxy) is 1. The lowest BCUT2D eigenvalue weighted by Gasteiger charge is -2.25. The predicted octanol–water partition coefficient (Wildman–Crippen LogP) is 1.03. The van der Waals surface area contributed by atoms with Crippen molar-refractivity contribution in [3.8, 4) is 0 Å². The highest BCUT2D eigenvalue weighted by molar-refractivity contribution is 5.79. The van der Waals surface area contributed by atoms with Crippen LogP contribution in [-0.2, 0) is 24.3 Å². The van der Waals surface area contributed by atoms with Gasteiger partial charge in [0.25, 0.3) is 0 Å². The summed E-state index contributed by atoms with van der Waals surface area (Å²) in [5.41, 5.74) is 0. The molecule has 1 aromatic heterocycles. The largest absolute Gasteiger partial charge is 0.377 e. The Bertz CT molecular complexity index is 554. The fourth-order valence-electron chi connectivity index (χ4n) is 3.26. The first kappa shape index (κ1) is 20.6. The molecule has 0 amide bonds. The number of aromatic nitrogens is 3. The molecule has 0 spiro atoms. The molecule has 0 saturated heterocycles. The molecule has 1 aromatic rings. The van der Waals surface area contributed by atoms with Gasteiger partial charge in [-0.05, 0) is 38.9 Å². The number of rotatable bonds is 10. The fourth-order valence-corrected chi connectivity index (χ4v) is 3.26. The highest BCUT2D eigenvalue weighted by Crippen LogP contribution is 2.13. The Morgan fingerprint density at radius 2 is 2.15 bits per heavy atom. The third-order valence-corrected chi connectivity index (χ3v) is 4.83. The van der Waals surface area contributed by atoms with Crippen LogP contribution in [0.15, 0.2) is 4.99 Å². The van der Waals surface area contributed by atoms with Crippen molar-refractivity contribution in [3.63, 3.8) is 0 Å². The van der Waals surface area contributed by atoms with E-state index >= 15 is 0 Å². The summed E-state index contributed by atoms with van der Waals surface area (Å²) in [4.78, 5) is 11.3. The minimum Gasteiger partial charge on any atom is -0.377 e. The van der Waals surface area contributed by atoms with E-state index in [9.17, 15) is 0 Å². The summed E-state index contributed by atoms with van der Waals surface area (Å²) in [5.74, 6) is 2.69. The second-order valence-electron chi connectivity index (χ2n) is 6.67. The second kappa shape index (κ2) is 11.1. The van der Waals surface area contributed by atoms with Crippen LogP contribution in [0.4, 0.5) is 0 Å². The summed E-state index contributed by atoms with van der Waals surface area (Å²) in [6, 6.07) is 0.321. The average molecular weight is 366 g/mol. The maximum Gasteiger partial charge on any atom is 0.191 e. The second-order valence-corrected chi connectivity index (χ2v) is 6.67. The van der Waals surface area contributed by atoms with Crippen molar-refractivity contribution in [2.24, 2.45) is 4.99 Å². The Balaban J connectivity index is 1.71. The summed E-state index contributed by atoms with van der Waals surface area (Å²) >= 11 is 0. The van der Waals surface area contributed by atoms with Crippen LogP contribution in [0, 0.1) is 0 Å². The Hall–Kier alpha value is -1.67. The smallest absolute Gasteiger partial charge is 0.191 e. The molecule has 2 N–H and O–H groups in total. The van der Waals surface area contributed by atoms with E-state index < -0.39 is 0 Å². The van der Waals surface area contributed by atoms with E-state index in [-0.39, 0.29) is 0 Å². The molecule has 0 radical (unpaired) electrons. The van der Waals surface area contributed by atoms with Gasteiger partial charge in [0.05, 0.1) is 6.54 Å². The first-order valence-corrected chi connectivity index (χ1v) is 9.81. The van der Waals surface area contributed by atoms with Crippen LogP contribution in [0.25, 0.3) is 0 Å². The lowest BCUT2D eigenvalue weighted by atomic mass is 10.1. The number of nitrogens with one attached hydrogen (secondary N) is 2. The normalized spacial score (nSPS) is 17.4. The van der Waals surface area contributed by atoms with Gasteiger partial charge in [0.15, 0.2) is 11.8 Å². The number of unbranched alkanes of at least 4 members (excludes halogenated alkanes) is 1. The fraction of sp³-hybridized carbons (Fsp3) is 0.833. The Labute approximate surface area is 157 Å². The first-order chi connectivity index (χ1) is 12.7. The molecular formula is C18H35N7O. The van der Waals surface area contributed by atoms with Crippen LogP contribution in [0.2, 0.25) is 0 Å². The molecule has 1 atom stereocenters. The molecule has 0 saturated carbocycles. The molecule has 1 aliphatic heterocycles. The van der Waals surface area contributed by atoms with E-state index in [2.05, 4.69) is 44.5 Å². The van der Waals surface area contributed by atoms with Crippen molar-refractivity contribution >= 4 is 5.96 Å². The zero-order valence-corrected chi connectivity index (χ0v) is 16.8. The lowest BCUT2D eigenvalue weighted by molar-refractivity contribution is 0.177. The molecule has 1 aliphatic rings. The van der Waals surface area contributed by atoms with Gasteiger partial charge in [0.2, 0.25) is 0 Å². The molecule has 2 rings (SSSR count). The number of guanidine groups is 1. The maximum atomic E-state index is 5.12. The van der Waals surface area contributed by atoms with Gasteiger partial charge in [-0.15, -0.1) is 0 Å². The molecule has 0 fully saturated rings. The molecule has 0 bridgehead atoms. The number of aryl methyl sites for hydroxylation is 1. The molecule has 8 heteroatoms. The first-order valence-electron chi connectivity index (χ1n) is 9.81. The third-order valence-electron chi connectivity index (χ3n) is 4.83. The van der Waals surface area contributed by atoms with E-state index in [1.165, 1.54) is 13.0 Å². The monoisotopic (exact) mass is 365 g/mol. The number of fused-ring (bicyclic) bond motifs is 1. The van der Waals surface area contributed by atoms with Gasteiger partial charge >= 0.3 is 0 Å². The van der Waals surface area contributed by atoms with Gasteiger partial charge < -0.3 is 20.3 Å². The summed E-state index contributed by atoms with van der Waals surface area (Å²) in [7, 11) is 3.49. The zero-order chi connectivity index (χ0) is 18.8. The van der Waals surface area contributed by atoms with Crippen molar-refractivity contribution in [2.45, 2.75) is 58.7 Å². The SMILES string of the molecule is CCN(CC)CCCCNC(=NC)NC1CCc2nc(COC)nn2C1. The summed E-state index contributed by atoms with van der Waals surface area (Å²) in [5, 5.41) is 11.5. The quantitative estimate of drug-likeness (QED) is 0.366. The number of nitrogens with zero attached hydrogens (tertiary/aromatic N) is 5. The molecular weight excluding hydrogens is 330 g/mol. The minimum atomic E-state index is 0.321. The summed E-state index contributed by atoms with van der Waals surface area (Å²) < 4.78 is 7.11. The topological polar surface area (TPSA) is 79.6 Å². The Kier molecular flexibility index (Phi) is 8.84. The van der Waals surface area contributed by atoms with E-state index in [4.69, 9.17) is 4.74 Å². The summed E-state index contributed by atoms with van der Waals surface area (Å²) in [6.45, 7) is 10.1. The summed E-state index contributed by atoms with van der Waals surface area (Å²) in [6.07, 6.45) is 4.32. The van der Waals surface area contributed by atoms with Crippen molar-refractivity contribution < 1.29 is 4.74 Å². The van der Waals surface area contributed by atoms with E-state index in [1.807, 2.05) is 11.7 Å². The standard InChI is InChI=1S/C18H35N7O/c1-5-24(6-2)12-8-7-11-20-18(19-3)21-15-9-10-17-22-16(14-26-4)23-25(17)13-15/h15H,5-14H2,1-4H3,(H2,19,20,21). The molecule has 1 unspecified atom stereocenters. The number of aliphatic imine (C=N–C) groups is 1. The molecule has 2 heterocycles. The number of hydrogen-bond acceptors (Lipinski definition) is 5. The minimum absolute atomic E-state index is 0.321. The average Bonchev–Trinajstić information content (AvgIpc) is 3.05. The van der Waals surface area contributed by atoms with E-state index in [0.29, 0.717) is 12.6 Å².